The molecule has 3 unspecified atom stereocenters. The van der Waals surface area contributed by atoms with E-state index >= 15 is 0 Å². The van der Waals surface area contributed by atoms with Crippen molar-refractivity contribution in [3.8, 4) is 5.75 Å². The van der Waals surface area contributed by atoms with Crippen LogP contribution < -0.4 is 20.7 Å². The summed E-state index contributed by atoms with van der Waals surface area (Å²) in [6, 6.07) is 3.16. The highest BCUT2D eigenvalue weighted by Crippen LogP contribution is 2.31. The number of nitrogens with zero attached hydrogens (tertiary/aromatic N) is 3. The highest BCUT2D eigenvalue weighted by atomic mass is 19.1. The summed E-state index contributed by atoms with van der Waals surface area (Å²) in [4.78, 5) is 10.7. The predicted octanol–water partition coefficient (Wildman–Crippen LogP) is 2.45. The molecule has 29 heavy (non-hydrogen) atoms. The van der Waals surface area contributed by atoms with Crippen molar-refractivity contribution in [3.05, 3.63) is 47.8 Å². The standard InChI is InChI=1S/C21H27F2N5O/c1-13(14-4-6-25-7-5-14)29-16-9-26-21(27-10-16)28-11-18(20(24)12-28)17-8-15(22)2-3-19(17)23/h2-3,8-10,13-14,18,20,25H,4-7,11-12,24H2,1H3. The van der Waals surface area contributed by atoms with Crippen LogP contribution in [0.3, 0.4) is 0 Å². The summed E-state index contributed by atoms with van der Waals surface area (Å²) in [5.41, 5.74) is 6.52. The predicted molar refractivity (Wildman–Crippen MR) is 107 cm³/mol. The van der Waals surface area contributed by atoms with Gasteiger partial charge in [0, 0.05) is 25.0 Å². The molecule has 2 aliphatic heterocycles. The Kier molecular flexibility index (Phi) is 5.91. The highest BCUT2D eigenvalue weighted by molar-refractivity contribution is 5.38. The lowest BCUT2D eigenvalue weighted by atomic mass is 9.93. The van der Waals surface area contributed by atoms with Crippen molar-refractivity contribution in [1.29, 1.82) is 0 Å². The van der Waals surface area contributed by atoms with Crippen LogP contribution in [-0.2, 0) is 0 Å². The van der Waals surface area contributed by atoms with E-state index in [0.717, 1.165) is 38.1 Å². The lowest BCUT2D eigenvalue weighted by Gasteiger charge is -2.28. The van der Waals surface area contributed by atoms with Gasteiger partial charge in [-0.25, -0.2) is 18.7 Å². The molecule has 0 aliphatic carbocycles. The van der Waals surface area contributed by atoms with Gasteiger partial charge in [-0.05, 0) is 62.5 Å². The molecular weight excluding hydrogens is 376 g/mol. The fraction of sp³-hybridized carbons (Fsp3) is 0.524. The number of rotatable bonds is 5. The fourth-order valence-electron chi connectivity index (χ4n) is 4.28. The molecule has 2 fully saturated rings. The first-order chi connectivity index (χ1) is 14.0. The van der Waals surface area contributed by atoms with Crippen LogP contribution in [0, 0.1) is 17.6 Å². The molecule has 1 aromatic heterocycles. The molecule has 2 saturated heterocycles. The average molecular weight is 403 g/mol. The van der Waals surface area contributed by atoms with Crippen molar-refractivity contribution in [2.45, 2.75) is 37.8 Å². The first-order valence-electron chi connectivity index (χ1n) is 10.2. The Morgan fingerprint density at radius 2 is 1.90 bits per heavy atom. The molecule has 4 rings (SSSR count). The molecule has 6 nitrogen and oxygen atoms in total. The zero-order valence-electron chi connectivity index (χ0n) is 16.5. The largest absolute Gasteiger partial charge is 0.487 e. The van der Waals surface area contributed by atoms with Crippen LogP contribution in [0.4, 0.5) is 14.7 Å². The van der Waals surface area contributed by atoms with Crippen LogP contribution in [0.1, 0.15) is 31.2 Å². The Morgan fingerprint density at radius 1 is 1.17 bits per heavy atom. The second kappa shape index (κ2) is 8.59. The third-order valence-corrected chi connectivity index (χ3v) is 5.99. The van der Waals surface area contributed by atoms with Crippen molar-refractivity contribution in [2.24, 2.45) is 11.7 Å². The van der Waals surface area contributed by atoms with E-state index in [2.05, 4.69) is 22.2 Å². The fourth-order valence-corrected chi connectivity index (χ4v) is 4.28. The van der Waals surface area contributed by atoms with Crippen LogP contribution in [0.2, 0.25) is 0 Å². The Morgan fingerprint density at radius 3 is 2.62 bits per heavy atom. The smallest absolute Gasteiger partial charge is 0.225 e. The molecule has 0 radical (unpaired) electrons. The zero-order chi connectivity index (χ0) is 20.4. The molecule has 0 spiro atoms. The summed E-state index contributed by atoms with van der Waals surface area (Å²) in [5, 5.41) is 3.36. The van der Waals surface area contributed by atoms with Crippen molar-refractivity contribution < 1.29 is 13.5 Å². The molecule has 2 aliphatic rings. The summed E-state index contributed by atoms with van der Waals surface area (Å²) in [6.07, 6.45) is 5.64. The van der Waals surface area contributed by atoms with E-state index in [1.807, 2.05) is 4.90 Å². The number of ether oxygens (including phenoxy) is 1. The lowest BCUT2D eigenvalue weighted by molar-refractivity contribution is 0.127. The van der Waals surface area contributed by atoms with Gasteiger partial charge in [-0.15, -0.1) is 0 Å². The molecule has 0 bridgehead atoms. The van der Waals surface area contributed by atoms with Crippen LogP contribution in [0.25, 0.3) is 0 Å². The third kappa shape index (κ3) is 4.48. The Labute approximate surface area is 169 Å². The minimum atomic E-state index is -0.465. The van der Waals surface area contributed by atoms with Crippen molar-refractivity contribution in [2.75, 3.05) is 31.1 Å². The molecule has 0 amide bonds. The van der Waals surface area contributed by atoms with E-state index in [4.69, 9.17) is 10.5 Å². The molecule has 1 aromatic carbocycles. The summed E-state index contributed by atoms with van der Waals surface area (Å²) in [6.45, 7) is 5.05. The zero-order valence-corrected chi connectivity index (χ0v) is 16.5. The number of nitrogens with two attached hydrogens (primary N) is 1. The Bertz CT molecular complexity index is 828. The minimum Gasteiger partial charge on any atom is -0.487 e. The highest BCUT2D eigenvalue weighted by Gasteiger charge is 2.34. The number of halogens is 2. The minimum absolute atomic E-state index is 0.104. The molecule has 8 heteroatoms. The second-order valence-corrected chi connectivity index (χ2v) is 7.97. The van der Waals surface area contributed by atoms with E-state index in [9.17, 15) is 8.78 Å². The first-order valence-corrected chi connectivity index (χ1v) is 10.2. The molecule has 3 atom stereocenters. The second-order valence-electron chi connectivity index (χ2n) is 7.97. The van der Waals surface area contributed by atoms with E-state index in [0.29, 0.717) is 36.3 Å². The number of piperidine rings is 1. The monoisotopic (exact) mass is 403 g/mol. The van der Waals surface area contributed by atoms with E-state index < -0.39 is 11.6 Å². The average Bonchev–Trinajstić information content (AvgIpc) is 3.12. The lowest BCUT2D eigenvalue weighted by Crippen LogP contribution is -2.35. The van der Waals surface area contributed by atoms with Gasteiger partial charge < -0.3 is 20.7 Å². The Hall–Kier alpha value is -2.32. The molecule has 2 aromatic rings. The number of benzene rings is 1. The van der Waals surface area contributed by atoms with Crippen LogP contribution in [-0.4, -0.2) is 48.3 Å². The third-order valence-electron chi connectivity index (χ3n) is 5.99. The normalized spacial score (nSPS) is 23.9. The van der Waals surface area contributed by atoms with E-state index in [-0.39, 0.29) is 18.1 Å². The number of aromatic nitrogens is 2. The maximum Gasteiger partial charge on any atom is 0.225 e. The van der Waals surface area contributed by atoms with Gasteiger partial charge in [0.05, 0.1) is 18.5 Å². The van der Waals surface area contributed by atoms with Gasteiger partial charge in [0.15, 0.2) is 5.75 Å². The maximum atomic E-state index is 14.2. The molecular formula is C21H27F2N5O. The van der Waals surface area contributed by atoms with Crippen LogP contribution >= 0.6 is 0 Å². The van der Waals surface area contributed by atoms with Gasteiger partial charge in [0.1, 0.15) is 11.6 Å². The Balaban J connectivity index is 1.41. The van der Waals surface area contributed by atoms with Crippen LogP contribution in [0.5, 0.6) is 5.75 Å². The first kappa shape index (κ1) is 20.0. The van der Waals surface area contributed by atoms with Gasteiger partial charge in [-0.2, -0.15) is 0 Å². The quantitative estimate of drug-likeness (QED) is 0.799. The number of hydrogen-bond donors (Lipinski definition) is 2. The summed E-state index contributed by atoms with van der Waals surface area (Å²) in [5.74, 6) is 0.454. The van der Waals surface area contributed by atoms with Gasteiger partial charge in [0.25, 0.3) is 0 Å². The number of anilines is 1. The molecule has 156 valence electrons. The maximum absolute atomic E-state index is 14.2. The molecule has 3 heterocycles. The summed E-state index contributed by atoms with van der Waals surface area (Å²) < 4.78 is 33.8. The van der Waals surface area contributed by atoms with Crippen molar-refractivity contribution in [3.63, 3.8) is 0 Å². The number of nitrogens with one attached hydrogen (secondary N) is 1. The molecule has 3 N–H and O–H groups in total. The SMILES string of the molecule is CC(Oc1cnc(N2CC(N)C(c3cc(F)ccc3F)C2)nc1)C1CCNCC1. The van der Waals surface area contributed by atoms with Gasteiger partial charge in [-0.1, -0.05) is 0 Å². The topological polar surface area (TPSA) is 76.3 Å². The van der Waals surface area contributed by atoms with Gasteiger partial charge in [-0.3, -0.25) is 0 Å². The van der Waals surface area contributed by atoms with Gasteiger partial charge in [0.2, 0.25) is 5.95 Å². The summed E-state index contributed by atoms with van der Waals surface area (Å²) in [7, 11) is 0. The van der Waals surface area contributed by atoms with E-state index in [1.54, 1.807) is 12.4 Å². The molecule has 0 saturated carbocycles. The number of hydrogen-bond acceptors (Lipinski definition) is 6. The van der Waals surface area contributed by atoms with Crippen molar-refractivity contribution >= 4 is 5.95 Å². The van der Waals surface area contributed by atoms with Gasteiger partial charge >= 0.3 is 0 Å². The summed E-state index contributed by atoms with van der Waals surface area (Å²) >= 11 is 0. The van der Waals surface area contributed by atoms with Crippen LogP contribution in [0.15, 0.2) is 30.6 Å². The van der Waals surface area contributed by atoms with Crippen molar-refractivity contribution in [1.82, 2.24) is 15.3 Å². The van der Waals surface area contributed by atoms with E-state index in [1.165, 1.54) is 6.07 Å².